The van der Waals surface area contributed by atoms with Crippen LogP contribution in [0, 0.1) is 0 Å². The lowest BCUT2D eigenvalue weighted by atomic mass is 9.91. The Kier molecular flexibility index (Phi) is 6.35. The van der Waals surface area contributed by atoms with Crippen LogP contribution in [0.3, 0.4) is 0 Å². The van der Waals surface area contributed by atoms with Crippen LogP contribution in [0.2, 0.25) is 0 Å². The van der Waals surface area contributed by atoms with Gasteiger partial charge in [-0.05, 0) is 47.0 Å². The van der Waals surface area contributed by atoms with Gasteiger partial charge in [0.05, 0.1) is 16.6 Å². The third-order valence-corrected chi connectivity index (χ3v) is 8.53. The van der Waals surface area contributed by atoms with Crippen molar-refractivity contribution in [2.45, 2.75) is 0 Å². The van der Waals surface area contributed by atoms with E-state index in [-0.39, 0.29) is 0 Å². The number of anilines is 3. The summed E-state index contributed by atoms with van der Waals surface area (Å²) in [5.74, 6) is 2.70. The van der Waals surface area contributed by atoms with E-state index < -0.39 is 0 Å². The molecule has 6 nitrogen and oxygen atoms in total. The SMILES string of the molecule is c1ccc(-c2cc3c4c(ncnc4c2)N(c2cccc(-c4nc(-c5ccccc5)nc(-c5ccccc5)n4)c2)c2ccccc2-3)cc1. The van der Waals surface area contributed by atoms with E-state index in [2.05, 4.69) is 77.7 Å². The number of hydrogen-bond donors (Lipinski definition) is 0. The van der Waals surface area contributed by atoms with Crippen LogP contribution < -0.4 is 4.90 Å². The van der Waals surface area contributed by atoms with Gasteiger partial charge in [-0.2, -0.15) is 0 Å². The van der Waals surface area contributed by atoms with Crippen molar-refractivity contribution in [3.05, 3.63) is 158 Å². The molecule has 1 aliphatic rings. The predicted octanol–water partition coefficient (Wildman–Crippen LogP) is 9.93. The van der Waals surface area contributed by atoms with Crippen LogP contribution in [0.1, 0.15) is 0 Å². The first-order valence-electron chi connectivity index (χ1n) is 15.5. The second kappa shape index (κ2) is 11.1. The molecule has 2 aromatic heterocycles. The van der Waals surface area contributed by atoms with Crippen molar-refractivity contribution < 1.29 is 0 Å². The molecule has 0 amide bonds. The predicted molar refractivity (Wildman–Crippen MR) is 188 cm³/mol. The van der Waals surface area contributed by atoms with Gasteiger partial charge < -0.3 is 0 Å². The zero-order chi connectivity index (χ0) is 31.2. The Hall–Kier alpha value is -6.53. The number of fused-ring (bicyclic) bond motifs is 2. The molecule has 1 aliphatic heterocycles. The van der Waals surface area contributed by atoms with Crippen molar-refractivity contribution in [1.82, 2.24) is 24.9 Å². The lowest BCUT2D eigenvalue weighted by molar-refractivity contribution is 1.07. The molecule has 8 aromatic rings. The van der Waals surface area contributed by atoms with Crippen molar-refractivity contribution >= 4 is 28.1 Å². The molecule has 6 heteroatoms. The number of rotatable bonds is 5. The lowest BCUT2D eigenvalue weighted by Gasteiger charge is -2.32. The molecular formula is C41H26N6. The molecule has 0 aliphatic carbocycles. The van der Waals surface area contributed by atoms with Gasteiger partial charge >= 0.3 is 0 Å². The van der Waals surface area contributed by atoms with Gasteiger partial charge in [0, 0.05) is 27.9 Å². The van der Waals surface area contributed by atoms with Gasteiger partial charge in [0.2, 0.25) is 0 Å². The Morgan fingerprint density at radius 3 is 1.66 bits per heavy atom. The normalized spacial score (nSPS) is 11.8. The summed E-state index contributed by atoms with van der Waals surface area (Å²) in [7, 11) is 0. The molecule has 220 valence electrons. The number of nitrogens with zero attached hydrogens (tertiary/aromatic N) is 6. The highest BCUT2D eigenvalue weighted by atomic mass is 15.2. The van der Waals surface area contributed by atoms with E-state index in [1.54, 1.807) is 6.33 Å². The van der Waals surface area contributed by atoms with Gasteiger partial charge in [0.25, 0.3) is 0 Å². The van der Waals surface area contributed by atoms with Crippen LogP contribution in [0.15, 0.2) is 158 Å². The minimum atomic E-state index is 0.602. The van der Waals surface area contributed by atoms with E-state index in [4.69, 9.17) is 24.9 Å². The third kappa shape index (κ3) is 4.71. The van der Waals surface area contributed by atoms with E-state index in [0.29, 0.717) is 17.5 Å². The molecule has 6 aromatic carbocycles. The van der Waals surface area contributed by atoms with Gasteiger partial charge in [-0.15, -0.1) is 0 Å². The Bertz CT molecular complexity index is 2350. The summed E-state index contributed by atoms with van der Waals surface area (Å²) in [6.45, 7) is 0. The Balaban J connectivity index is 1.22. The first-order chi connectivity index (χ1) is 23.3. The second-order valence-electron chi connectivity index (χ2n) is 11.4. The van der Waals surface area contributed by atoms with Crippen LogP contribution in [-0.4, -0.2) is 24.9 Å². The average Bonchev–Trinajstić information content (AvgIpc) is 3.16. The van der Waals surface area contributed by atoms with Crippen molar-refractivity contribution in [2.24, 2.45) is 0 Å². The molecule has 9 rings (SSSR count). The summed E-state index contributed by atoms with van der Waals surface area (Å²) in [6, 6.07) is 51.8. The van der Waals surface area contributed by atoms with Gasteiger partial charge in [0.1, 0.15) is 12.1 Å². The molecule has 0 atom stereocenters. The zero-order valence-corrected chi connectivity index (χ0v) is 25.2. The summed E-state index contributed by atoms with van der Waals surface area (Å²) >= 11 is 0. The highest BCUT2D eigenvalue weighted by molar-refractivity contribution is 6.12. The maximum atomic E-state index is 4.98. The average molecular weight is 603 g/mol. The monoisotopic (exact) mass is 602 g/mol. The van der Waals surface area contributed by atoms with E-state index in [0.717, 1.165) is 67.0 Å². The van der Waals surface area contributed by atoms with Gasteiger partial charge in [-0.1, -0.05) is 121 Å². The standard InChI is InChI=1S/C41H26N6/c1-4-13-27(14-5-1)31-24-34-33-21-10-11-22-36(33)47(41-37(34)35(25-31)42-26-43-41)32-20-12-19-30(23-32)40-45-38(28-15-6-2-7-16-28)44-39(46-40)29-17-8-3-9-18-29/h1-26H. The molecule has 0 saturated heterocycles. The van der Waals surface area contributed by atoms with Crippen LogP contribution >= 0.6 is 0 Å². The fourth-order valence-electron chi connectivity index (χ4n) is 6.35. The van der Waals surface area contributed by atoms with Gasteiger partial charge in [-0.25, -0.2) is 24.9 Å². The molecule has 0 radical (unpaired) electrons. The van der Waals surface area contributed by atoms with Crippen molar-refractivity contribution in [3.63, 3.8) is 0 Å². The number of hydrogen-bond acceptors (Lipinski definition) is 6. The first kappa shape index (κ1) is 26.8. The van der Waals surface area contributed by atoms with Crippen LogP contribution in [0.25, 0.3) is 67.3 Å². The lowest BCUT2D eigenvalue weighted by Crippen LogP contribution is -2.17. The minimum absolute atomic E-state index is 0.602. The smallest absolute Gasteiger partial charge is 0.164 e. The van der Waals surface area contributed by atoms with E-state index in [1.807, 2.05) is 78.9 Å². The van der Waals surface area contributed by atoms with Crippen LogP contribution in [0.4, 0.5) is 17.2 Å². The summed E-state index contributed by atoms with van der Waals surface area (Å²) in [6.07, 6.45) is 1.66. The van der Waals surface area contributed by atoms with Gasteiger partial charge in [0.15, 0.2) is 17.5 Å². The van der Waals surface area contributed by atoms with E-state index in [9.17, 15) is 0 Å². The first-order valence-corrected chi connectivity index (χ1v) is 15.5. The highest BCUT2D eigenvalue weighted by Gasteiger charge is 2.28. The number of aromatic nitrogens is 5. The Morgan fingerprint density at radius 1 is 0.404 bits per heavy atom. The minimum Gasteiger partial charge on any atom is -0.294 e. The van der Waals surface area contributed by atoms with Crippen LogP contribution in [0.5, 0.6) is 0 Å². The fraction of sp³-hybridized carbons (Fsp3) is 0. The molecule has 3 heterocycles. The summed E-state index contributed by atoms with van der Waals surface area (Å²) < 4.78 is 0. The quantitative estimate of drug-likeness (QED) is 0.195. The zero-order valence-electron chi connectivity index (χ0n) is 25.2. The highest BCUT2D eigenvalue weighted by Crippen LogP contribution is 2.50. The van der Waals surface area contributed by atoms with Gasteiger partial charge in [-0.3, -0.25) is 4.90 Å². The largest absolute Gasteiger partial charge is 0.294 e. The van der Waals surface area contributed by atoms with Crippen molar-refractivity contribution in [1.29, 1.82) is 0 Å². The molecule has 0 spiro atoms. The second-order valence-corrected chi connectivity index (χ2v) is 11.4. The maximum absolute atomic E-state index is 4.98. The summed E-state index contributed by atoms with van der Waals surface area (Å²) in [5, 5.41) is 1.02. The van der Waals surface area contributed by atoms with E-state index >= 15 is 0 Å². The third-order valence-electron chi connectivity index (χ3n) is 8.53. The summed E-state index contributed by atoms with van der Waals surface area (Å²) in [4.78, 5) is 26.7. The number of para-hydroxylation sites is 1. The van der Waals surface area contributed by atoms with E-state index in [1.165, 1.54) is 0 Å². The Morgan fingerprint density at radius 2 is 0.979 bits per heavy atom. The molecule has 0 N–H and O–H groups in total. The van der Waals surface area contributed by atoms with Crippen molar-refractivity contribution in [2.75, 3.05) is 4.90 Å². The fourth-order valence-corrected chi connectivity index (χ4v) is 6.35. The molecular weight excluding hydrogens is 576 g/mol. The molecule has 0 unspecified atom stereocenters. The Labute approximate surface area is 271 Å². The molecule has 47 heavy (non-hydrogen) atoms. The topological polar surface area (TPSA) is 67.7 Å². The molecule has 0 fully saturated rings. The summed E-state index contributed by atoms with van der Waals surface area (Å²) in [5.41, 5.74) is 10.2. The number of benzene rings is 6. The van der Waals surface area contributed by atoms with Crippen molar-refractivity contribution in [3.8, 4) is 56.4 Å². The molecule has 0 bridgehead atoms. The van der Waals surface area contributed by atoms with Crippen LogP contribution in [-0.2, 0) is 0 Å². The molecule has 0 saturated carbocycles. The maximum Gasteiger partial charge on any atom is 0.164 e.